The number of anilines is 1. The summed E-state index contributed by atoms with van der Waals surface area (Å²) < 4.78 is 13.6. The molecule has 0 spiro atoms. The molecular weight excluding hydrogens is 299 g/mol. The van der Waals surface area contributed by atoms with E-state index in [1.165, 1.54) is 17.8 Å². The number of halogens is 1. The van der Waals surface area contributed by atoms with E-state index in [1.54, 1.807) is 18.2 Å². The van der Waals surface area contributed by atoms with Gasteiger partial charge in [-0.25, -0.2) is 14.4 Å². The second kappa shape index (κ2) is 7.23. The quantitative estimate of drug-likeness (QED) is 0.674. The van der Waals surface area contributed by atoms with Gasteiger partial charge in [0.15, 0.2) is 5.16 Å². The highest BCUT2D eigenvalue weighted by Crippen LogP contribution is 2.25. The van der Waals surface area contributed by atoms with Gasteiger partial charge in [-0.3, -0.25) is 0 Å². The molecule has 22 heavy (non-hydrogen) atoms. The van der Waals surface area contributed by atoms with E-state index in [9.17, 15) is 9.65 Å². The van der Waals surface area contributed by atoms with Crippen LogP contribution in [0.5, 0.6) is 0 Å². The van der Waals surface area contributed by atoms with Crippen molar-refractivity contribution < 1.29 is 4.39 Å². The lowest BCUT2D eigenvalue weighted by molar-refractivity contribution is 0.617. The molecule has 0 aliphatic carbocycles. The van der Waals surface area contributed by atoms with E-state index in [4.69, 9.17) is 5.73 Å². The summed E-state index contributed by atoms with van der Waals surface area (Å²) >= 11 is 1.31. The average Bonchev–Trinajstić information content (AvgIpc) is 2.45. The van der Waals surface area contributed by atoms with Gasteiger partial charge in [-0.15, -0.1) is 0 Å². The number of nitriles is 1. The second-order valence-corrected chi connectivity index (χ2v) is 6.25. The molecule has 1 aromatic heterocycles. The lowest BCUT2D eigenvalue weighted by Crippen LogP contribution is -2.07. The topological polar surface area (TPSA) is 75.6 Å². The summed E-state index contributed by atoms with van der Waals surface area (Å²) in [7, 11) is 0. The summed E-state index contributed by atoms with van der Waals surface area (Å²) in [4.78, 5) is 8.56. The van der Waals surface area contributed by atoms with E-state index < -0.39 is 0 Å². The molecule has 1 heterocycles. The molecule has 0 atom stereocenters. The van der Waals surface area contributed by atoms with E-state index in [0.717, 1.165) is 0 Å². The van der Waals surface area contributed by atoms with Crippen LogP contribution in [-0.4, -0.2) is 9.97 Å². The van der Waals surface area contributed by atoms with Crippen molar-refractivity contribution in [3.8, 4) is 6.07 Å². The molecule has 2 N–H and O–H groups in total. The molecule has 0 aliphatic heterocycles. The van der Waals surface area contributed by atoms with Crippen molar-refractivity contribution >= 4 is 17.6 Å². The van der Waals surface area contributed by atoms with E-state index in [1.807, 2.05) is 13.8 Å². The first-order valence-corrected chi connectivity index (χ1v) is 7.92. The van der Waals surface area contributed by atoms with Crippen molar-refractivity contribution in [3.05, 3.63) is 46.9 Å². The first kappa shape index (κ1) is 16.2. The number of aromatic nitrogens is 2. The predicted molar refractivity (Wildman–Crippen MR) is 85.7 cm³/mol. The van der Waals surface area contributed by atoms with Crippen molar-refractivity contribution in [1.29, 1.82) is 5.26 Å². The van der Waals surface area contributed by atoms with Gasteiger partial charge in [-0.2, -0.15) is 5.26 Å². The van der Waals surface area contributed by atoms with Crippen LogP contribution in [-0.2, 0) is 12.2 Å². The molecule has 0 unspecified atom stereocenters. The molecule has 0 radical (unpaired) electrons. The highest BCUT2D eigenvalue weighted by atomic mass is 32.2. The number of thioether (sulfide) groups is 1. The molecule has 2 aromatic rings. The Kier molecular flexibility index (Phi) is 5.34. The Hall–Kier alpha value is -2.13. The highest BCUT2D eigenvalue weighted by Gasteiger charge is 2.14. The van der Waals surface area contributed by atoms with Crippen molar-refractivity contribution in [1.82, 2.24) is 9.97 Å². The highest BCUT2D eigenvalue weighted by molar-refractivity contribution is 7.98. The standard InChI is InChI=1S/C16H17FN4S/c1-10(2)7-14-12(8-18)15(19)21-16(20-14)22-9-11-5-3-4-6-13(11)17/h3-6,10H,7,9H2,1-2H3,(H2,19,20,21). The van der Waals surface area contributed by atoms with Crippen molar-refractivity contribution in [2.24, 2.45) is 5.92 Å². The Bertz CT molecular complexity index is 710. The number of benzene rings is 1. The maximum Gasteiger partial charge on any atom is 0.190 e. The second-order valence-electron chi connectivity index (χ2n) is 5.30. The van der Waals surface area contributed by atoms with Gasteiger partial charge in [0.1, 0.15) is 23.3 Å². The summed E-state index contributed by atoms with van der Waals surface area (Å²) in [6.45, 7) is 4.09. The molecule has 1 aromatic carbocycles. The lowest BCUT2D eigenvalue weighted by atomic mass is 10.0. The maximum absolute atomic E-state index is 13.6. The number of nitrogens with zero attached hydrogens (tertiary/aromatic N) is 3. The summed E-state index contributed by atoms with van der Waals surface area (Å²) in [5, 5.41) is 9.65. The van der Waals surface area contributed by atoms with Crippen LogP contribution in [0.4, 0.5) is 10.2 Å². The van der Waals surface area contributed by atoms with Gasteiger partial charge in [0.25, 0.3) is 0 Å². The molecule has 4 nitrogen and oxygen atoms in total. The van der Waals surface area contributed by atoms with Gasteiger partial charge >= 0.3 is 0 Å². The molecule has 0 aliphatic rings. The van der Waals surface area contributed by atoms with Crippen molar-refractivity contribution in [2.75, 3.05) is 5.73 Å². The number of rotatable bonds is 5. The van der Waals surface area contributed by atoms with Gasteiger partial charge in [0, 0.05) is 5.75 Å². The minimum absolute atomic E-state index is 0.184. The van der Waals surface area contributed by atoms with Crippen molar-refractivity contribution in [2.45, 2.75) is 31.2 Å². The normalized spacial score (nSPS) is 10.7. The Labute approximate surface area is 133 Å². The Morgan fingerprint density at radius 3 is 2.68 bits per heavy atom. The monoisotopic (exact) mass is 316 g/mol. The molecule has 0 amide bonds. The number of hydrogen-bond acceptors (Lipinski definition) is 5. The number of nitrogens with two attached hydrogens (primary N) is 1. The third kappa shape index (κ3) is 3.95. The zero-order valence-corrected chi connectivity index (χ0v) is 13.3. The van der Waals surface area contributed by atoms with Gasteiger partial charge in [0.2, 0.25) is 0 Å². The summed E-state index contributed by atoms with van der Waals surface area (Å²) in [6.07, 6.45) is 0.656. The van der Waals surface area contributed by atoms with Crippen LogP contribution in [0.3, 0.4) is 0 Å². The molecular formula is C16H17FN4S. The molecule has 0 saturated carbocycles. The Balaban J connectivity index is 2.23. The summed E-state index contributed by atoms with van der Waals surface area (Å²) in [5.41, 5.74) is 7.42. The maximum atomic E-state index is 13.6. The Morgan fingerprint density at radius 1 is 1.32 bits per heavy atom. The first-order valence-electron chi connectivity index (χ1n) is 6.94. The van der Waals surface area contributed by atoms with Crippen molar-refractivity contribution in [3.63, 3.8) is 0 Å². The largest absolute Gasteiger partial charge is 0.382 e. The fourth-order valence-electron chi connectivity index (χ4n) is 1.98. The molecule has 114 valence electrons. The minimum Gasteiger partial charge on any atom is -0.382 e. The summed E-state index contributed by atoms with van der Waals surface area (Å²) in [5.74, 6) is 0.702. The zero-order valence-electron chi connectivity index (χ0n) is 12.5. The van der Waals surface area contributed by atoms with Crippen LogP contribution in [0.1, 0.15) is 30.7 Å². The number of nitrogen functional groups attached to an aromatic ring is 1. The third-order valence-corrected chi connectivity index (χ3v) is 3.92. The van der Waals surface area contributed by atoms with Crippen LogP contribution in [0.2, 0.25) is 0 Å². The van der Waals surface area contributed by atoms with Crippen LogP contribution in [0, 0.1) is 23.1 Å². The van der Waals surface area contributed by atoms with Gasteiger partial charge in [-0.1, -0.05) is 43.8 Å². The van der Waals surface area contributed by atoms with Crippen LogP contribution in [0.15, 0.2) is 29.4 Å². The smallest absolute Gasteiger partial charge is 0.190 e. The molecule has 0 fully saturated rings. The molecule has 2 rings (SSSR count). The van der Waals surface area contributed by atoms with Gasteiger partial charge in [-0.05, 0) is 24.0 Å². The predicted octanol–water partition coefficient (Wildman–Crippen LogP) is 3.56. The van der Waals surface area contributed by atoms with E-state index >= 15 is 0 Å². The van der Waals surface area contributed by atoms with E-state index in [-0.39, 0.29) is 11.6 Å². The fourth-order valence-corrected chi connectivity index (χ4v) is 2.84. The van der Waals surface area contributed by atoms with Crippen LogP contribution >= 0.6 is 11.8 Å². The zero-order chi connectivity index (χ0) is 16.1. The minimum atomic E-state index is -0.251. The van der Waals surface area contributed by atoms with E-state index in [0.29, 0.717) is 40.1 Å². The van der Waals surface area contributed by atoms with Crippen LogP contribution in [0.25, 0.3) is 0 Å². The third-order valence-electron chi connectivity index (χ3n) is 3.02. The fraction of sp³-hybridized carbons (Fsp3) is 0.312. The van der Waals surface area contributed by atoms with Gasteiger partial charge in [0.05, 0.1) is 5.69 Å². The Morgan fingerprint density at radius 2 is 2.05 bits per heavy atom. The van der Waals surface area contributed by atoms with E-state index in [2.05, 4.69) is 16.0 Å². The summed E-state index contributed by atoms with van der Waals surface area (Å²) in [6, 6.07) is 8.65. The molecule has 0 saturated heterocycles. The molecule has 6 heteroatoms. The first-order chi connectivity index (χ1) is 10.5. The average molecular weight is 316 g/mol. The lowest BCUT2D eigenvalue weighted by Gasteiger charge is -2.10. The van der Waals surface area contributed by atoms with Gasteiger partial charge < -0.3 is 5.73 Å². The van der Waals surface area contributed by atoms with Crippen LogP contribution < -0.4 is 5.73 Å². The number of hydrogen-bond donors (Lipinski definition) is 1. The molecule has 0 bridgehead atoms. The SMILES string of the molecule is CC(C)Cc1nc(SCc2ccccc2F)nc(N)c1C#N.